The van der Waals surface area contributed by atoms with Crippen molar-refractivity contribution in [2.24, 2.45) is 11.3 Å². The zero-order chi connectivity index (χ0) is 19.2. The van der Waals surface area contributed by atoms with Crippen molar-refractivity contribution in [3.8, 4) is 0 Å². The molecule has 1 saturated carbocycles. The number of fused-ring (bicyclic) bond motifs is 1. The first-order chi connectivity index (χ1) is 13.8. The molecule has 1 amide bonds. The van der Waals surface area contributed by atoms with Crippen molar-refractivity contribution in [3.05, 3.63) is 42.0 Å². The van der Waals surface area contributed by atoms with E-state index in [1.165, 1.54) is 0 Å². The Labute approximate surface area is 192 Å². The Kier molecular flexibility index (Phi) is 10.1. The van der Waals surface area contributed by atoms with Crippen molar-refractivity contribution >= 4 is 36.8 Å². The minimum Gasteiger partial charge on any atom is -0.379 e. The lowest BCUT2D eigenvalue weighted by Gasteiger charge is -2.50. The second kappa shape index (κ2) is 12.1. The van der Waals surface area contributed by atoms with Gasteiger partial charge in [-0.05, 0) is 43.7 Å². The minimum atomic E-state index is -0.235. The van der Waals surface area contributed by atoms with Crippen LogP contribution < -0.4 is 10.6 Å². The lowest BCUT2D eigenvalue weighted by molar-refractivity contribution is -0.140. The molecule has 1 aliphatic carbocycles. The van der Waals surface area contributed by atoms with Gasteiger partial charge < -0.3 is 15.4 Å². The average molecular weight is 456 g/mol. The molecule has 5 nitrogen and oxygen atoms in total. The maximum Gasteiger partial charge on any atom is 0.228 e. The Morgan fingerprint density at radius 2 is 1.97 bits per heavy atom. The van der Waals surface area contributed by atoms with Gasteiger partial charge in [-0.1, -0.05) is 42.5 Å². The predicted octanol–water partition coefficient (Wildman–Crippen LogP) is 3.14. The van der Waals surface area contributed by atoms with Gasteiger partial charge in [-0.15, -0.1) is 24.8 Å². The molecule has 0 unspecified atom stereocenters. The quantitative estimate of drug-likeness (QED) is 0.715. The molecule has 2 aliphatic heterocycles. The number of halogens is 2. The Hall–Kier alpha value is -1.11. The second-order valence-corrected chi connectivity index (χ2v) is 8.42. The lowest BCUT2D eigenvalue weighted by Crippen LogP contribution is -2.60. The number of morpholine rings is 1. The molecule has 0 aromatic heterocycles. The maximum absolute atomic E-state index is 13.2. The third kappa shape index (κ3) is 5.77. The standard InChI is InChI=1S/C23H33N3O2.2ClH/c27-22(25-11-4-7-19-5-2-1-3-6-19)23-10-8-21(26-13-15-28-16-14-26)17-20(23)9-12-24-18-23;;/h1-7,20-21,24H,8-18H2,(H,25,27);2*1H/b7-4+;;/t20-,21-,23-;;/m1../s1. The number of hydrogen-bond donors (Lipinski definition) is 2. The number of ether oxygens (including phenoxy) is 1. The summed E-state index contributed by atoms with van der Waals surface area (Å²) < 4.78 is 5.52. The summed E-state index contributed by atoms with van der Waals surface area (Å²) in [7, 11) is 0. The van der Waals surface area contributed by atoms with Crippen LogP contribution in [0.1, 0.15) is 31.2 Å². The Balaban J connectivity index is 0.00000160. The van der Waals surface area contributed by atoms with Gasteiger partial charge in [-0.25, -0.2) is 0 Å². The zero-order valence-electron chi connectivity index (χ0n) is 17.6. The van der Waals surface area contributed by atoms with Crippen molar-refractivity contribution in [2.75, 3.05) is 45.9 Å². The number of amides is 1. The van der Waals surface area contributed by atoms with E-state index in [-0.39, 0.29) is 36.1 Å². The van der Waals surface area contributed by atoms with Crippen molar-refractivity contribution < 1.29 is 9.53 Å². The summed E-state index contributed by atoms with van der Waals surface area (Å²) in [4.78, 5) is 15.8. The van der Waals surface area contributed by atoms with Gasteiger partial charge >= 0.3 is 0 Å². The number of nitrogens with zero attached hydrogens (tertiary/aromatic N) is 1. The summed E-state index contributed by atoms with van der Waals surface area (Å²) in [6.45, 7) is 6.22. The van der Waals surface area contributed by atoms with Crippen LogP contribution in [-0.2, 0) is 9.53 Å². The van der Waals surface area contributed by atoms with Crippen LogP contribution in [0, 0.1) is 11.3 Å². The van der Waals surface area contributed by atoms with Crippen molar-refractivity contribution in [1.82, 2.24) is 15.5 Å². The van der Waals surface area contributed by atoms with Crippen molar-refractivity contribution in [3.63, 3.8) is 0 Å². The fourth-order valence-electron chi connectivity index (χ4n) is 5.26. The third-order valence-electron chi connectivity index (χ3n) is 6.88. The van der Waals surface area contributed by atoms with Gasteiger partial charge in [0.1, 0.15) is 0 Å². The third-order valence-corrected chi connectivity index (χ3v) is 6.88. The molecule has 2 N–H and O–H groups in total. The highest BCUT2D eigenvalue weighted by molar-refractivity contribution is 5.85. The van der Waals surface area contributed by atoms with Gasteiger partial charge in [-0.3, -0.25) is 9.69 Å². The molecule has 168 valence electrons. The van der Waals surface area contributed by atoms with Crippen LogP contribution in [0.3, 0.4) is 0 Å². The van der Waals surface area contributed by atoms with Crippen LogP contribution >= 0.6 is 24.8 Å². The fraction of sp³-hybridized carbons (Fsp3) is 0.609. The molecule has 0 spiro atoms. The average Bonchev–Trinajstić information content (AvgIpc) is 2.77. The first-order valence-electron chi connectivity index (χ1n) is 10.8. The molecule has 7 heteroatoms. The summed E-state index contributed by atoms with van der Waals surface area (Å²) in [6, 6.07) is 10.8. The first kappa shape index (κ1) is 25.2. The normalized spacial score (nSPS) is 29.3. The smallest absolute Gasteiger partial charge is 0.228 e. The van der Waals surface area contributed by atoms with E-state index < -0.39 is 0 Å². The molecule has 3 fully saturated rings. The van der Waals surface area contributed by atoms with E-state index in [1.807, 2.05) is 18.2 Å². The first-order valence-corrected chi connectivity index (χ1v) is 10.8. The number of carbonyl (C=O) groups excluding carboxylic acids is 1. The van der Waals surface area contributed by atoms with E-state index in [0.717, 1.165) is 70.6 Å². The highest BCUT2D eigenvalue weighted by Crippen LogP contribution is 2.46. The molecule has 0 bridgehead atoms. The Morgan fingerprint density at radius 3 is 2.73 bits per heavy atom. The number of benzene rings is 1. The van der Waals surface area contributed by atoms with Crippen LogP contribution in [-0.4, -0.2) is 62.8 Å². The van der Waals surface area contributed by atoms with E-state index in [0.29, 0.717) is 18.5 Å². The lowest BCUT2D eigenvalue weighted by atomic mass is 9.61. The largest absolute Gasteiger partial charge is 0.379 e. The van der Waals surface area contributed by atoms with Gasteiger partial charge in [0.2, 0.25) is 5.91 Å². The summed E-state index contributed by atoms with van der Waals surface area (Å²) in [5.74, 6) is 0.719. The fourth-order valence-corrected chi connectivity index (χ4v) is 5.26. The second-order valence-electron chi connectivity index (χ2n) is 8.42. The molecule has 4 rings (SSSR count). The molecule has 3 atom stereocenters. The molecule has 2 heterocycles. The topological polar surface area (TPSA) is 53.6 Å². The molecule has 0 radical (unpaired) electrons. The van der Waals surface area contributed by atoms with Crippen LogP contribution in [0.15, 0.2) is 36.4 Å². The summed E-state index contributed by atoms with van der Waals surface area (Å²) in [5.41, 5.74) is 0.930. The number of rotatable bonds is 5. The molecule has 2 saturated heterocycles. The van der Waals surface area contributed by atoms with Gasteiger partial charge in [0.25, 0.3) is 0 Å². The van der Waals surface area contributed by atoms with Crippen LogP contribution in [0.5, 0.6) is 0 Å². The van der Waals surface area contributed by atoms with E-state index in [2.05, 4.69) is 39.8 Å². The summed E-state index contributed by atoms with van der Waals surface area (Å²) in [6.07, 6.45) is 8.48. The monoisotopic (exact) mass is 455 g/mol. The molecular formula is C23H35Cl2N3O2. The summed E-state index contributed by atoms with van der Waals surface area (Å²) in [5, 5.41) is 6.71. The van der Waals surface area contributed by atoms with Gasteiger partial charge in [-0.2, -0.15) is 0 Å². The highest BCUT2D eigenvalue weighted by atomic mass is 35.5. The Morgan fingerprint density at radius 1 is 1.20 bits per heavy atom. The van der Waals surface area contributed by atoms with E-state index in [1.54, 1.807) is 0 Å². The van der Waals surface area contributed by atoms with Crippen LogP contribution in [0.4, 0.5) is 0 Å². The number of carbonyl (C=O) groups is 1. The van der Waals surface area contributed by atoms with E-state index in [9.17, 15) is 4.79 Å². The SMILES string of the molecule is Cl.Cl.O=C(NC/C=C/c1ccccc1)[C@@]12CC[C@@H](N3CCOCC3)C[C@H]1CCNC2. The maximum atomic E-state index is 13.2. The predicted molar refractivity (Wildman–Crippen MR) is 126 cm³/mol. The Bertz CT molecular complexity index is 682. The molecule has 1 aromatic carbocycles. The number of piperidine rings is 1. The van der Waals surface area contributed by atoms with Gasteiger partial charge in [0, 0.05) is 32.2 Å². The van der Waals surface area contributed by atoms with Gasteiger partial charge in [0.15, 0.2) is 0 Å². The minimum absolute atomic E-state index is 0. The molecule has 1 aromatic rings. The summed E-state index contributed by atoms with van der Waals surface area (Å²) >= 11 is 0. The van der Waals surface area contributed by atoms with E-state index in [4.69, 9.17) is 4.74 Å². The molecule has 30 heavy (non-hydrogen) atoms. The van der Waals surface area contributed by atoms with Crippen LogP contribution in [0.25, 0.3) is 6.08 Å². The van der Waals surface area contributed by atoms with Gasteiger partial charge in [0.05, 0.1) is 18.6 Å². The molecule has 3 aliphatic rings. The van der Waals surface area contributed by atoms with Crippen molar-refractivity contribution in [2.45, 2.75) is 31.7 Å². The number of hydrogen-bond acceptors (Lipinski definition) is 4. The van der Waals surface area contributed by atoms with Crippen molar-refractivity contribution in [1.29, 1.82) is 0 Å². The van der Waals surface area contributed by atoms with E-state index >= 15 is 0 Å². The van der Waals surface area contributed by atoms with Crippen LogP contribution in [0.2, 0.25) is 0 Å². The molecular weight excluding hydrogens is 421 g/mol. The highest BCUT2D eigenvalue weighted by Gasteiger charge is 2.50. The zero-order valence-corrected chi connectivity index (χ0v) is 19.2. The number of nitrogens with one attached hydrogen (secondary N) is 2.